The average Bonchev–Trinajstić information content (AvgIpc) is 2.38. The van der Waals surface area contributed by atoms with Crippen molar-refractivity contribution in [1.82, 2.24) is 0 Å². The first-order valence-corrected chi connectivity index (χ1v) is 6.16. The molecule has 0 aliphatic rings. The van der Waals surface area contributed by atoms with Crippen LogP contribution in [-0.2, 0) is 9.53 Å². The number of rotatable bonds is 5. The number of carbonyl (C=O) groups excluding carboxylic acids is 2. The predicted octanol–water partition coefficient (Wildman–Crippen LogP) is 2.85. The summed E-state index contributed by atoms with van der Waals surface area (Å²) in [4.78, 5) is 23.1. The number of ether oxygens (including phenoxy) is 1. The molecule has 0 spiro atoms. The van der Waals surface area contributed by atoms with E-state index in [1.165, 1.54) is 0 Å². The summed E-state index contributed by atoms with van der Waals surface area (Å²) in [5.74, 6) is -0.381. The van der Waals surface area contributed by atoms with Crippen molar-refractivity contribution in [3.05, 3.63) is 29.8 Å². The molecule has 4 heteroatoms. The van der Waals surface area contributed by atoms with Crippen molar-refractivity contribution in [2.45, 2.75) is 27.2 Å². The van der Waals surface area contributed by atoms with Gasteiger partial charge in [0, 0.05) is 11.6 Å². The Morgan fingerprint density at radius 3 is 2.33 bits per heavy atom. The first-order valence-electron chi connectivity index (χ1n) is 6.16. The van der Waals surface area contributed by atoms with Crippen molar-refractivity contribution in [1.29, 1.82) is 0 Å². The highest BCUT2D eigenvalue weighted by atomic mass is 16.5. The minimum absolute atomic E-state index is 0.0126. The van der Waals surface area contributed by atoms with E-state index in [2.05, 4.69) is 5.32 Å². The number of hydrogen-bond acceptors (Lipinski definition) is 3. The number of benzene rings is 1. The van der Waals surface area contributed by atoms with E-state index in [-0.39, 0.29) is 17.8 Å². The van der Waals surface area contributed by atoms with Gasteiger partial charge in [-0.3, -0.25) is 4.79 Å². The third-order valence-corrected chi connectivity index (χ3v) is 2.72. The molecule has 0 radical (unpaired) electrons. The van der Waals surface area contributed by atoms with E-state index >= 15 is 0 Å². The fourth-order valence-electron chi connectivity index (χ4n) is 1.35. The van der Waals surface area contributed by atoms with Gasteiger partial charge >= 0.3 is 5.97 Å². The molecule has 1 rings (SSSR count). The summed E-state index contributed by atoms with van der Waals surface area (Å²) in [6.45, 7) is 5.96. The van der Waals surface area contributed by atoms with Gasteiger partial charge in [-0.25, -0.2) is 4.79 Å². The van der Waals surface area contributed by atoms with Crippen molar-refractivity contribution in [3.63, 3.8) is 0 Å². The number of amides is 1. The van der Waals surface area contributed by atoms with E-state index in [0.29, 0.717) is 17.9 Å². The molecule has 98 valence electrons. The third-order valence-electron chi connectivity index (χ3n) is 2.72. The van der Waals surface area contributed by atoms with Gasteiger partial charge in [-0.05, 0) is 37.6 Å². The van der Waals surface area contributed by atoms with Gasteiger partial charge in [0.1, 0.15) is 0 Å². The van der Waals surface area contributed by atoms with Gasteiger partial charge < -0.3 is 10.1 Å². The molecular weight excluding hydrogens is 230 g/mol. The van der Waals surface area contributed by atoms with E-state index in [1.807, 2.05) is 13.8 Å². The van der Waals surface area contributed by atoms with Crippen LogP contribution >= 0.6 is 0 Å². The lowest BCUT2D eigenvalue weighted by molar-refractivity contribution is -0.119. The average molecular weight is 249 g/mol. The summed E-state index contributed by atoms with van der Waals surface area (Å²) in [6.07, 6.45) is 0.798. The highest BCUT2D eigenvalue weighted by Crippen LogP contribution is 2.12. The Morgan fingerprint density at radius 2 is 1.83 bits per heavy atom. The van der Waals surface area contributed by atoms with E-state index in [0.717, 1.165) is 6.42 Å². The van der Waals surface area contributed by atoms with E-state index in [9.17, 15) is 9.59 Å². The lowest BCUT2D eigenvalue weighted by Gasteiger charge is -2.10. The van der Waals surface area contributed by atoms with Gasteiger partial charge in [-0.15, -0.1) is 0 Å². The molecular formula is C14H19NO3. The molecule has 18 heavy (non-hydrogen) atoms. The summed E-state index contributed by atoms with van der Waals surface area (Å²) in [5.41, 5.74) is 1.17. The van der Waals surface area contributed by atoms with Crippen molar-refractivity contribution >= 4 is 17.6 Å². The van der Waals surface area contributed by atoms with Crippen LogP contribution in [0.15, 0.2) is 24.3 Å². The molecule has 0 aliphatic carbocycles. The predicted molar refractivity (Wildman–Crippen MR) is 70.5 cm³/mol. The lowest BCUT2D eigenvalue weighted by Crippen LogP contribution is -2.19. The van der Waals surface area contributed by atoms with Crippen molar-refractivity contribution in [2.75, 3.05) is 11.9 Å². The fraction of sp³-hybridized carbons (Fsp3) is 0.429. The molecule has 0 fully saturated rings. The molecule has 1 atom stereocenters. The number of carbonyl (C=O) groups is 2. The minimum atomic E-state index is -0.350. The standard InChI is InChI=1S/C14H19NO3/c1-4-10(3)13(16)15-12-8-6-11(7-9-12)14(17)18-5-2/h6-10H,4-5H2,1-3H3,(H,15,16)/t10-/m0/s1. The molecule has 1 aromatic rings. The molecule has 0 unspecified atom stereocenters. The van der Waals surface area contributed by atoms with E-state index in [1.54, 1.807) is 31.2 Å². The topological polar surface area (TPSA) is 55.4 Å². The zero-order valence-corrected chi connectivity index (χ0v) is 11.0. The Morgan fingerprint density at radius 1 is 1.22 bits per heavy atom. The molecule has 0 heterocycles. The minimum Gasteiger partial charge on any atom is -0.462 e. The maximum atomic E-state index is 11.7. The number of esters is 1. The molecule has 0 saturated heterocycles. The zero-order chi connectivity index (χ0) is 13.5. The SMILES string of the molecule is CCOC(=O)c1ccc(NC(=O)[C@@H](C)CC)cc1. The summed E-state index contributed by atoms with van der Waals surface area (Å²) in [7, 11) is 0. The largest absolute Gasteiger partial charge is 0.462 e. The Hall–Kier alpha value is -1.84. The van der Waals surface area contributed by atoms with Gasteiger partial charge in [0.05, 0.1) is 12.2 Å². The smallest absolute Gasteiger partial charge is 0.338 e. The van der Waals surface area contributed by atoms with Gasteiger partial charge in [0.15, 0.2) is 0 Å². The molecule has 0 aromatic heterocycles. The van der Waals surface area contributed by atoms with Crippen LogP contribution in [0, 0.1) is 5.92 Å². The third kappa shape index (κ3) is 3.87. The van der Waals surface area contributed by atoms with Gasteiger partial charge in [-0.1, -0.05) is 13.8 Å². The Kier molecular flexibility index (Phi) is 5.36. The number of anilines is 1. The maximum Gasteiger partial charge on any atom is 0.338 e. The molecule has 1 aromatic carbocycles. The van der Waals surface area contributed by atoms with Crippen LogP contribution in [0.25, 0.3) is 0 Å². The van der Waals surface area contributed by atoms with Crippen molar-refractivity contribution < 1.29 is 14.3 Å². The second kappa shape index (κ2) is 6.79. The van der Waals surface area contributed by atoms with Crippen LogP contribution in [-0.4, -0.2) is 18.5 Å². The highest BCUT2D eigenvalue weighted by molar-refractivity contribution is 5.93. The van der Waals surface area contributed by atoms with E-state index in [4.69, 9.17) is 4.74 Å². The Balaban J connectivity index is 2.66. The van der Waals surface area contributed by atoms with Gasteiger partial charge in [-0.2, -0.15) is 0 Å². The molecule has 4 nitrogen and oxygen atoms in total. The van der Waals surface area contributed by atoms with Gasteiger partial charge in [0.2, 0.25) is 5.91 Å². The lowest BCUT2D eigenvalue weighted by atomic mass is 10.1. The first kappa shape index (κ1) is 14.2. The van der Waals surface area contributed by atoms with Crippen LogP contribution < -0.4 is 5.32 Å². The first-order chi connectivity index (χ1) is 8.58. The normalized spacial score (nSPS) is 11.7. The van der Waals surface area contributed by atoms with Crippen LogP contribution in [0.3, 0.4) is 0 Å². The van der Waals surface area contributed by atoms with Crippen molar-refractivity contribution in [2.24, 2.45) is 5.92 Å². The zero-order valence-electron chi connectivity index (χ0n) is 11.0. The number of nitrogens with one attached hydrogen (secondary N) is 1. The maximum absolute atomic E-state index is 11.7. The summed E-state index contributed by atoms with van der Waals surface area (Å²) >= 11 is 0. The molecule has 0 bridgehead atoms. The number of hydrogen-bond donors (Lipinski definition) is 1. The van der Waals surface area contributed by atoms with Crippen LogP contribution in [0.4, 0.5) is 5.69 Å². The van der Waals surface area contributed by atoms with Gasteiger partial charge in [0.25, 0.3) is 0 Å². The summed E-state index contributed by atoms with van der Waals surface area (Å²) in [6, 6.07) is 6.69. The fourth-order valence-corrected chi connectivity index (χ4v) is 1.35. The Labute approximate surface area is 107 Å². The summed E-state index contributed by atoms with van der Waals surface area (Å²) in [5, 5.41) is 2.80. The molecule has 0 aliphatic heterocycles. The van der Waals surface area contributed by atoms with E-state index < -0.39 is 0 Å². The van der Waals surface area contributed by atoms with Crippen molar-refractivity contribution in [3.8, 4) is 0 Å². The molecule has 1 amide bonds. The Bertz CT molecular complexity index is 412. The highest BCUT2D eigenvalue weighted by Gasteiger charge is 2.11. The quantitative estimate of drug-likeness (QED) is 0.816. The van der Waals surface area contributed by atoms with Crippen LogP contribution in [0.1, 0.15) is 37.6 Å². The molecule has 1 N–H and O–H groups in total. The second-order valence-electron chi connectivity index (χ2n) is 4.10. The van der Waals surface area contributed by atoms with Crippen LogP contribution in [0.2, 0.25) is 0 Å². The summed E-state index contributed by atoms with van der Waals surface area (Å²) < 4.78 is 4.88. The monoisotopic (exact) mass is 249 g/mol. The molecule has 0 saturated carbocycles. The van der Waals surface area contributed by atoms with Crippen LogP contribution in [0.5, 0.6) is 0 Å². The second-order valence-corrected chi connectivity index (χ2v) is 4.10.